The molecule has 2 aromatic carbocycles. The van der Waals surface area contributed by atoms with Crippen molar-refractivity contribution in [2.45, 2.75) is 20.8 Å². The van der Waals surface area contributed by atoms with E-state index in [1.165, 1.54) is 5.01 Å². The van der Waals surface area contributed by atoms with Gasteiger partial charge in [-0.05, 0) is 62.7 Å². The standard InChI is InChI=1S/C21H20Cl2N2O3/c1-4-27-19-9-6-14(11-20(19)28-5-2)10-16-13(3)24-25(21(16)26)15-7-8-17(22)18(23)12-15/h6-12H,4-5H2,1-3H3/b16-10+. The summed E-state index contributed by atoms with van der Waals surface area (Å²) in [5.41, 5.74) is 2.49. The summed E-state index contributed by atoms with van der Waals surface area (Å²) in [5, 5.41) is 6.48. The molecule has 146 valence electrons. The monoisotopic (exact) mass is 418 g/mol. The molecule has 0 atom stereocenters. The van der Waals surface area contributed by atoms with Crippen molar-refractivity contribution in [3.63, 3.8) is 0 Å². The first-order valence-electron chi connectivity index (χ1n) is 8.91. The molecular formula is C21H20Cl2N2O3. The van der Waals surface area contributed by atoms with Crippen LogP contribution in [0.25, 0.3) is 6.08 Å². The van der Waals surface area contributed by atoms with Crippen LogP contribution < -0.4 is 14.5 Å². The molecule has 2 aromatic rings. The number of ether oxygens (including phenoxy) is 2. The lowest BCUT2D eigenvalue weighted by molar-refractivity contribution is -0.114. The van der Waals surface area contributed by atoms with Gasteiger partial charge in [0.1, 0.15) is 0 Å². The van der Waals surface area contributed by atoms with E-state index in [1.54, 1.807) is 31.2 Å². The molecule has 0 aromatic heterocycles. The molecule has 1 aliphatic rings. The van der Waals surface area contributed by atoms with E-state index in [0.717, 1.165) is 5.56 Å². The van der Waals surface area contributed by atoms with Crippen molar-refractivity contribution < 1.29 is 14.3 Å². The van der Waals surface area contributed by atoms with Crippen molar-refractivity contribution in [3.05, 3.63) is 57.6 Å². The van der Waals surface area contributed by atoms with E-state index in [9.17, 15) is 4.79 Å². The van der Waals surface area contributed by atoms with E-state index in [0.29, 0.717) is 51.7 Å². The van der Waals surface area contributed by atoms with Crippen LogP contribution in [0.2, 0.25) is 10.0 Å². The second-order valence-electron chi connectivity index (χ2n) is 6.03. The Balaban J connectivity index is 1.92. The summed E-state index contributed by atoms with van der Waals surface area (Å²) < 4.78 is 11.2. The minimum Gasteiger partial charge on any atom is -0.490 e. The quantitative estimate of drug-likeness (QED) is 0.573. The van der Waals surface area contributed by atoms with Crippen LogP contribution in [-0.4, -0.2) is 24.8 Å². The number of carbonyl (C=O) groups excluding carboxylic acids is 1. The second-order valence-corrected chi connectivity index (χ2v) is 6.85. The highest BCUT2D eigenvalue weighted by molar-refractivity contribution is 6.42. The predicted molar refractivity (Wildman–Crippen MR) is 114 cm³/mol. The molecule has 0 saturated heterocycles. The van der Waals surface area contributed by atoms with Gasteiger partial charge in [-0.1, -0.05) is 29.3 Å². The van der Waals surface area contributed by atoms with Crippen molar-refractivity contribution >= 4 is 46.6 Å². The highest BCUT2D eigenvalue weighted by Gasteiger charge is 2.29. The highest BCUT2D eigenvalue weighted by atomic mass is 35.5. The summed E-state index contributed by atoms with van der Waals surface area (Å²) >= 11 is 12.0. The molecule has 0 aliphatic carbocycles. The van der Waals surface area contributed by atoms with Crippen LogP contribution in [0.5, 0.6) is 11.5 Å². The minimum absolute atomic E-state index is 0.234. The van der Waals surface area contributed by atoms with Gasteiger partial charge in [-0.25, -0.2) is 0 Å². The minimum atomic E-state index is -0.234. The van der Waals surface area contributed by atoms with Crippen molar-refractivity contribution in [2.24, 2.45) is 5.10 Å². The number of hydrogen-bond donors (Lipinski definition) is 0. The van der Waals surface area contributed by atoms with Gasteiger partial charge in [0.2, 0.25) is 0 Å². The van der Waals surface area contributed by atoms with Crippen LogP contribution in [0.4, 0.5) is 5.69 Å². The molecule has 0 spiro atoms. The Bertz CT molecular complexity index is 970. The molecular weight excluding hydrogens is 399 g/mol. The largest absolute Gasteiger partial charge is 0.490 e. The molecule has 1 amide bonds. The van der Waals surface area contributed by atoms with Crippen molar-refractivity contribution in [2.75, 3.05) is 18.2 Å². The van der Waals surface area contributed by atoms with Gasteiger partial charge < -0.3 is 9.47 Å². The summed E-state index contributed by atoms with van der Waals surface area (Å²) in [4.78, 5) is 12.9. The zero-order valence-electron chi connectivity index (χ0n) is 15.8. The number of nitrogens with zero attached hydrogens (tertiary/aromatic N) is 2. The zero-order valence-corrected chi connectivity index (χ0v) is 17.3. The Morgan fingerprint density at radius 1 is 1.00 bits per heavy atom. The van der Waals surface area contributed by atoms with Gasteiger partial charge in [-0.15, -0.1) is 0 Å². The summed E-state index contributed by atoms with van der Waals surface area (Å²) in [6.45, 7) is 6.68. The molecule has 5 nitrogen and oxygen atoms in total. The summed E-state index contributed by atoms with van der Waals surface area (Å²) in [5.74, 6) is 1.08. The fourth-order valence-corrected chi connectivity index (χ4v) is 3.09. The van der Waals surface area contributed by atoms with E-state index < -0.39 is 0 Å². The lowest BCUT2D eigenvalue weighted by Crippen LogP contribution is -2.21. The SMILES string of the molecule is CCOc1ccc(/C=C2/C(=O)N(c3ccc(Cl)c(Cl)c3)N=C2C)cc1OCC. The van der Waals surface area contributed by atoms with Crippen LogP contribution in [0.15, 0.2) is 47.1 Å². The van der Waals surface area contributed by atoms with Gasteiger partial charge >= 0.3 is 0 Å². The Kier molecular flexibility index (Phi) is 6.27. The third-order valence-electron chi connectivity index (χ3n) is 4.09. The molecule has 0 unspecified atom stereocenters. The smallest absolute Gasteiger partial charge is 0.280 e. The van der Waals surface area contributed by atoms with E-state index in [1.807, 2.05) is 32.0 Å². The second kappa shape index (κ2) is 8.67. The first kappa shape index (κ1) is 20.2. The molecule has 3 rings (SSSR count). The summed E-state index contributed by atoms with van der Waals surface area (Å²) in [7, 11) is 0. The number of anilines is 1. The Hall–Kier alpha value is -2.50. The number of carbonyl (C=O) groups is 1. The lowest BCUT2D eigenvalue weighted by atomic mass is 10.1. The van der Waals surface area contributed by atoms with Gasteiger partial charge in [0.15, 0.2) is 11.5 Å². The van der Waals surface area contributed by atoms with Crippen LogP contribution in [0.1, 0.15) is 26.3 Å². The number of hydrazone groups is 1. The Morgan fingerprint density at radius 3 is 2.39 bits per heavy atom. The van der Waals surface area contributed by atoms with Crippen LogP contribution in [0, 0.1) is 0 Å². The Labute approximate surface area is 174 Å². The highest BCUT2D eigenvalue weighted by Crippen LogP contribution is 2.32. The maximum atomic E-state index is 12.9. The molecule has 0 N–H and O–H groups in total. The fourth-order valence-electron chi connectivity index (χ4n) is 2.80. The molecule has 1 aliphatic heterocycles. The average molecular weight is 419 g/mol. The molecule has 0 fully saturated rings. The number of halogens is 2. The van der Waals surface area contributed by atoms with Crippen molar-refractivity contribution in [1.29, 1.82) is 0 Å². The normalized spacial score (nSPS) is 15.2. The third-order valence-corrected chi connectivity index (χ3v) is 4.83. The van der Waals surface area contributed by atoms with Crippen molar-refractivity contribution in [1.82, 2.24) is 0 Å². The van der Waals surface area contributed by atoms with E-state index in [-0.39, 0.29) is 5.91 Å². The third kappa shape index (κ3) is 4.16. The molecule has 7 heteroatoms. The van der Waals surface area contributed by atoms with Crippen LogP contribution in [0.3, 0.4) is 0 Å². The van der Waals surface area contributed by atoms with E-state index >= 15 is 0 Å². The topological polar surface area (TPSA) is 51.1 Å². The van der Waals surface area contributed by atoms with Crippen LogP contribution >= 0.6 is 23.2 Å². The molecule has 28 heavy (non-hydrogen) atoms. The lowest BCUT2D eigenvalue weighted by Gasteiger charge is -2.13. The average Bonchev–Trinajstić information content (AvgIpc) is 2.94. The first-order valence-corrected chi connectivity index (χ1v) is 9.66. The zero-order chi connectivity index (χ0) is 20.3. The van der Waals surface area contributed by atoms with Gasteiger partial charge in [0.25, 0.3) is 5.91 Å². The molecule has 1 heterocycles. The summed E-state index contributed by atoms with van der Waals surface area (Å²) in [6.07, 6.45) is 1.79. The van der Waals surface area contributed by atoms with Gasteiger partial charge in [-0.2, -0.15) is 10.1 Å². The number of hydrogen-bond acceptors (Lipinski definition) is 4. The Morgan fingerprint density at radius 2 is 1.71 bits per heavy atom. The van der Waals surface area contributed by atoms with E-state index in [2.05, 4.69) is 5.10 Å². The maximum absolute atomic E-state index is 12.9. The fraction of sp³-hybridized carbons (Fsp3) is 0.238. The van der Waals surface area contributed by atoms with E-state index in [4.69, 9.17) is 32.7 Å². The predicted octanol–water partition coefficient (Wildman–Crippen LogP) is 5.60. The van der Waals surface area contributed by atoms with Gasteiger partial charge in [0, 0.05) is 0 Å². The number of amides is 1. The van der Waals surface area contributed by atoms with Gasteiger partial charge in [0.05, 0.1) is 40.2 Å². The first-order chi connectivity index (χ1) is 13.4. The van der Waals surface area contributed by atoms with Gasteiger partial charge in [-0.3, -0.25) is 4.79 Å². The number of benzene rings is 2. The maximum Gasteiger partial charge on any atom is 0.280 e. The molecule has 0 radical (unpaired) electrons. The van der Waals surface area contributed by atoms with Crippen LogP contribution in [-0.2, 0) is 4.79 Å². The number of rotatable bonds is 6. The van der Waals surface area contributed by atoms with Crippen molar-refractivity contribution in [3.8, 4) is 11.5 Å². The molecule has 0 saturated carbocycles. The summed E-state index contributed by atoms with van der Waals surface area (Å²) in [6, 6.07) is 10.5. The molecule has 0 bridgehead atoms.